The van der Waals surface area contributed by atoms with Crippen LogP contribution in [0.5, 0.6) is 0 Å². The Hall–Kier alpha value is -0.470. The summed E-state index contributed by atoms with van der Waals surface area (Å²) in [6, 6.07) is 0. The zero-order valence-corrected chi connectivity index (χ0v) is 15.7. The number of thiol groups is 1. The zero-order chi connectivity index (χ0) is 17.7. The van der Waals surface area contributed by atoms with Crippen LogP contribution in [0.2, 0.25) is 0 Å². The number of allylic oxidation sites excluding steroid dienone is 1. The molecule has 0 fully saturated rings. The molecular formula is C17H34O6S. The molecule has 0 aliphatic carbocycles. The van der Waals surface area contributed by atoms with Crippen molar-refractivity contribution >= 4 is 11.0 Å². The molecule has 0 unspecified atom stereocenters. The van der Waals surface area contributed by atoms with Crippen LogP contribution in [-0.4, -0.2) is 54.7 Å². The second-order valence-electron chi connectivity index (χ2n) is 5.45. The molecule has 24 heavy (non-hydrogen) atoms. The molecule has 6 nitrogen and oxygen atoms in total. The molecule has 0 rings (SSSR count). The van der Waals surface area contributed by atoms with Gasteiger partial charge < -0.3 is 14.2 Å². The largest absolute Gasteiger partial charge is 0.379 e. The maximum Gasteiger partial charge on any atom is 0.257 e. The molecule has 0 saturated carbocycles. The van der Waals surface area contributed by atoms with Crippen LogP contribution in [0.3, 0.4) is 0 Å². The van der Waals surface area contributed by atoms with Crippen molar-refractivity contribution in [3.05, 3.63) is 12.7 Å². The minimum Gasteiger partial charge on any atom is -0.379 e. The molecule has 0 amide bonds. The van der Waals surface area contributed by atoms with Gasteiger partial charge in [-0.3, -0.25) is 4.18 Å². The normalized spacial score (nSPS) is 11.2. The summed E-state index contributed by atoms with van der Waals surface area (Å²) in [7, 11) is -2.78. The number of ether oxygens (including phenoxy) is 3. The fourth-order valence-electron chi connectivity index (χ4n) is 2.09. The minimum absolute atomic E-state index is 0.0522. The molecule has 0 radical (unpaired) electrons. The Labute approximate surface area is 148 Å². The second-order valence-corrected chi connectivity index (χ2v) is 6.15. The standard InChI is InChI=1S/C17H34O6S/c1-2-3-4-5-6-7-8-9-10-11-20-12-13-21-14-15-22-16-17-23-24(18)19/h2,24H,1,3-17H2. The average Bonchev–Trinajstić information content (AvgIpc) is 2.56. The zero-order valence-electron chi connectivity index (χ0n) is 14.8. The van der Waals surface area contributed by atoms with Crippen LogP contribution in [0.1, 0.15) is 51.4 Å². The van der Waals surface area contributed by atoms with Gasteiger partial charge in [-0.1, -0.05) is 38.2 Å². The van der Waals surface area contributed by atoms with Gasteiger partial charge in [0.05, 0.1) is 39.6 Å². The summed E-state index contributed by atoms with van der Waals surface area (Å²) in [5, 5.41) is 0. The van der Waals surface area contributed by atoms with Gasteiger partial charge in [-0.2, -0.15) is 0 Å². The van der Waals surface area contributed by atoms with Gasteiger partial charge in [-0.15, -0.1) is 6.58 Å². The van der Waals surface area contributed by atoms with E-state index in [9.17, 15) is 8.42 Å². The Kier molecular flexibility index (Phi) is 20.2. The van der Waals surface area contributed by atoms with E-state index in [0.717, 1.165) is 19.4 Å². The van der Waals surface area contributed by atoms with Gasteiger partial charge in [0, 0.05) is 6.61 Å². The molecule has 0 aromatic heterocycles. The maximum absolute atomic E-state index is 10.1. The Balaban J connectivity index is 2.99. The summed E-state index contributed by atoms with van der Waals surface area (Å²) in [4.78, 5) is 0. The third-order valence-corrected chi connectivity index (χ3v) is 3.76. The van der Waals surface area contributed by atoms with Gasteiger partial charge in [0.2, 0.25) is 0 Å². The van der Waals surface area contributed by atoms with Gasteiger partial charge in [-0.25, -0.2) is 8.42 Å². The van der Waals surface area contributed by atoms with E-state index >= 15 is 0 Å². The lowest BCUT2D eigenvalue weighted by Crippen LogP contribution is -2.11. The fraction of sp³-hybridized carbons (Fsp3) is 0.882. The van der Waals surface area contributed by atoms with Crippen molar-refractivity contribution in [3.8, 4) is 0 Å². The van der Waals surface area contributed by atoms with Crippen LogP contribution >= 0.6 is 0 Å². The molecule has 0 aromatic rings. The Bertz CT molecular complexity index is 325. The molecule has 7 heteroatoms. The van der Waals surface area contributed by atoms with Crippen molar-refractivity contribution in [3.63, 3.8) is 0 Å². The van der Waals surface area contributed by atoms with Crippen LogP contribution in [0.4, 0.5) is 0 Å². The number of hydrogen-bond acceptors (Lipinski definition) is 6. The lowest BCUT2D eigenvalue weighted by atomic mass is 10.1. The van der Waals surface area contributed by atoms with Crippen LogP contribution in [0.15, 0.2) is 12.7 Å². The molecule has 0 saturated heterocycles. The molecule has 144 valence electrons. The van der Waals surface area contributed by atoms with Gasteiger partial charge in [0.15, 0.2) is 0 Å². The molecule has 0 atom stereocenters. The Morgan fingerprint density at radius 2 is 1.08 bits per heavy atom. The van der Waals surface area contributed by atoms with E-state index < -0.39 is 11.0 Å². The lowest BCUT2D eigenvalue weighted by molar-refractivity contribution is 0.00935. The summed E-state index contributed by atoms with van der Waals surface area (Å²) in [5.74, 6) is 0. The van der Waals surface area contributed by atoms with Gasteiger partial charge in [0.1, 0.15) is 0 Å². The predicted octanol–water partition coefficient (Wildman–Crippen LogP) is 2.89. The van der Waals surface area contributed by atoms with Crippen LogP contribution in [0.25, 0.3) is 0 Å². The van der Waals surface area contributed by atoms with Gasteiger partial charge in [-0.05, 0) is 19.3 Å². The van der Waals surface area contributed by atoms with E-state index in [1.165, 1.54) is 38.5 Å². The number of hydrogen-bond donors (Lipinski definition) is 1. The van der Waals surface area contributed by atoms with E-state index in [2.05, 4.69) is 10.8 Å². The van der Waals surface area contributed by atoms with Gasteiger partial charge in [0.25, 0.3) is 11.0 Å². The molecule has 0 N–H and O–H groups in total. The third-order valence-electron chi connectivity index (χ3n) is 3.37. The van der Waals surface area contributed by atoms with E-state index in [1.54, 1.807) is 0 Å². The first-order valence-electron chi connectivity index (χ1n) is 8.88. The first kappa shape index (κ1) is 23.5. The lowest BCUT2D eigenvalue weighted by Gasteiger charge is -2.06. The van der Waals surface area contributed by atoms with E-state index in [0.29, 0.717) is 26.4 Å². The monoisotopic (exact) mass is 366 g/mol. The molecule has 0 spiro atoms. The highest BCUT2D eigenvalue weighted by atomic mass is 32.2. The highest BCUT2D eigenvalue weighted by Gasteiger charge is 1.94. The molecular weight excluding hydrogens is 332 g/mol. The van der Waals surface area contributed by atoms with Gasteiger partial charge >= 0.3 is 0 Å². The first-order valence-corrected chi connectivity index (χ1v) is 9.98. The first-order chi connectivity index (χ1) is 11.8. The summed E-state index contributed by atoms with van der Waals surface area (Å²) in [5.41, 5.74) is 0. The van der Waals surface area contributed by atoms with E-state index in [-0.39, 0.29) is 13.2 Å². The van der Waals surface area contributed by atoms with Crippen molar-refractivity contribution in [1.82, 2.24) is 0 Å². The highest BCUT2D eigenvalue weighted by Crippen LogP contribution is 2.08. The van der Waals surface area contributed by atoms with E-state index in [4.69, 9.17) is 14.2 Å². The van der Waals surface area contributed by atoms with Crippen LogP contribution in [0, 0.1) is 0 Å². The van der Waals surface area contributed by atoms with Crippen molar-refractivity contribution in [1.29, 1.82) is 0 Å². The van der Waals surface area contributed by atoms with Crippen LogP contribution in [-0.2, 0) is 29.4 Å². The molecule has 0 aromatic carbocycles. The summed E-state index contributed by atoms with van der Waals surface area (Å²) in [6.07, 6.45) is 12.0. The summed E-state index contributed by atoms with van der Waals surface area (Å²) >= 11 is 0. The van der Waals surface area contributed by atoms with Crippen molar-refractivity contribution in [2.45, 2.75) is 51.4 Å². The van der Waals surface area contributed by atoms with E-state index in [1.807, 2.05) is 6.08 Å². The molecule has 0 aliphatic rings. The van der Waals surface area contributed by atoms with Crippen LogP contribution < -0.4 is 0 Å². The molecule has 0 bridgehead atoms. The highest BCUT2D eigenvalue weighted by molar-refractivity contribution is 7.67. The topological polar surface area (TPSA) is 71.1 Å². The van der Waals surface area contributed by atoms with Crippen molar-refractivity contribution in [2.75, 3.05) is 46.2 Å². The number of unbranched alkanes of at least 4 members (excludes halogenated alkanes) is 7. The van der Waals surface area contributed by atoms with Crippen molar-refractivity contribution < 1.29 is 26.8 Å². The Morgan fingerprint density at radius 3 is 1.62 bits per heavy atom. The molecule has 0 aliphatic heterocycles. The third kappa shape index (κ3) is 21.5. The average molecular weight is 367 g/mol. The number of rotatable bonds is 20. The van der Waals surface area contributed by atoms with Crippen molar-refractivity contribution in [2.24, 2.45) is 0 Å². The minimum atomic E-state index is -2.78. The SMILES string of the molecule is C=CCCCCCCCCCOCCOCCOCCO[SH](=O)=O. The smallest absolute Gasteiger partial charge is 0.257 e. The maximum atomic E-state index is 10.1. The summed E-state index contributed by atoms with van der Waals surface area (Å²) in [6.45, 7) is 6.86. The quantitative estimate of drug-likeness (QED) is 0.203. The summed E-state index contributed by atoms with van der Waals surface area (Å²) < 4.78 is 40.5. The second kappa shape index (κ2) is 20.6. The Morgan fingerprint density at radius 1 is 0.625 bits per heavy atom. The molecule has 0 heterocycles. The fourth-order valence-corrected chi connectivity index (χ4v) is 2.31. The predicted molar refractivity (Wildman–Crippen MR) is 95.9 cm³/mol.